The molecular formula is C8H15O. The van der Waals surface area contributed by atoms with E-state index >= 15 is 0 Å². The molecular weight excluding hydrogens is 112 g/mol. The zero-order valence-corrected chi connectivity index (χ0v) is 6.17. The Morgan fingerprint density at radius 3 is 2.67 bits per heavy atom. The molecule has 0 heterocycles. The van der Waals surface area contributed by atoms with Crippen molar-refractivity contribution >= 4 is 0 Å². The molecule has 53 valence electrons. The molecule has 0 rings (SSSR count). The molecule has 0 aromatic carbocycles. The van der Waals surface area contributed by atoms with Crippen molar-refractivity contribution in [2.24, 2.45) is 5.92 Å². The van der Waals surface area contributed by atoms with E-state index in [9.17, 15) is 0 Å². The van der Waals surface area contributed by atoms with E-state index in [4.69, 9.17) is 5.11 Å². The van der Waals surface area contributed by atoms with E-state index in [1.54, 1.807) is 0 Å². The third-order valence-corrected chi connectivity index (χ3v) is 1.25. The molecule has 0 aliphatic rings. The Balaban J connectivity index is 3.15. The van der Waals surface area contributed by atoms with Crippen LogP contribution in [0.15, 0.2) is 12.2 Å². The molecule has 1 atom stereocenters. The van der Waals surface area contributed by atoms with Crippen molar-refractivity contribution in [2.75, 3.05) is 6.61 Å². The van der Waals surface area contributed by atoms with Crippen LogP contribution in [0, 0.1) is 12.3 Å². The standard InChI is InChI=1S/C8H15O/c1-3-4-5-8(2)6-7-9/h3-4,6,8-9H,5,7H2,1-2H3/b4-3+/t8-/m1/s1. The lowest BCUT2D eigenvalue weighted by Crippen LogP contribution is -1.96. The summed E-state index contributed by atoms with van der Waals surface area (Å²) >= 11 is 0. The van der Waals surface area contributed by atoms with Gasteiger partial charge in [0.2, 0.25) is 0 Å². The molecule has 1 radical (unpaired) electrons. The van der Waals surface area contributed by atoms with Crippen LogP contribution in [-0.4, -0.2) is 11.7 Å². The summed E-state index contributed by atoms with van der Waals surface area (Å²) in [6.07, 6.45) is 7.08. The molecule has 0 unspecified atom stereocenters. The van der Waals surface area contributed by atoms with Gasteiger partial charge in [0.15, 0.2) is 0 Å². The fraction of sp³-hybridized carbons (Fsp3) is 0.625. The molecule has 0 spiro atoms. The maximum absolute atomic E-state index is 8.46. The third kappa shape index (κ3) is 5.57. The summed E-state index contributed by atoms with van der Waals surface area (Å²) in [6.45, 7) is 4.29. The van der Waals surface area contributed by atoms with E-state index in [2.05, 4.69) is 13.0 Å². The van der Waals surface area contributed by atoms with Gasteiger partial charge in [-0.1, -0.05) is 19.1 Å². The molecule has 0 aliphatic carbocycles. The van der Waals surface area contributed by atoms with E-state index < -0.39 is 0 Å². The minimum atomic E-state index is 0.193. The SMILES string of the molecule is C/C=C/C[C@@H](C)[CH]CO. The van der Waals surface area contributed by atoms with Gasteiger partial charge in [0.1, 0.15) is 0 Å². The zero-order chi connectivity index (χ0) is 7.11. The average Bonchev–Trinajstić information content (AvgIpc) is 1.85. The van der Waals surface area contributed by atoms with Crippen molar-refractivity contribution in [2.45, 2.75) is 20.3 Å². The van der Waals surface area contributed by atoms with E-state index in [1.807, 2.05) is 19.4 Å². The van der Waals surface area contributed by atoms with Crippen LogP contribution in [0.1, 0.15) is 20.3 Å². The number of hydrogen-bond donors (Lipinski definition) is 1. The fourth-order valence-corrected chi connectivity index (χ4v) is 0.627. The molecule has 1 N–H and O–H groups in total. The van der Waals surface area contributed by atoms with Crippen LogP contribution in [0.3, 0.4) is 0 Å². The molecule has 0 saturated carbocycles. The van der Waals surface area contributed by atoms with Crippen molar-refractivity contribution in [3.8, 4) is 0 Å². The van der Waals surface area contributed by atoms with Crippen molar-refractivity contribution in [1.29, 1.82) is 0 Å². The largest absolute Gasteiger partial charge is 0.396 e. The lowest BCUT2D eigenvalue weighted by Gasteiger charge is -2.03. The number of aliphatic hydroxyl groups excluding tert-OH is 1. The molecule has 0 saturated heterocycles. The van der Waals surface area contributed by atoms with E-state index in [0.717, 1.165) is 6.42 Å². The van der Waals surface area contributed by atoms with Gasteiger partial charge >= 0.3 is 0 Å². The molecule has 0 fully saturated rings. The van der Waals surface area contributed by atoms with Crippen LogP contribution in [0.25, 0.3) is 0 Å². The first-order chi connectivity index (χ1) is 4.31. The van der Waals surface area contributed by atoms with Gasteiger partial charge in [-0.05, 0) is 25.7 Å². The van der Waals surface area contributed by atoms with Crippen molar-refractivity contribution in [3.63, 3.8) is 0 Å². The Morgan fingerprint density at radius 2 is 2.22 bits per heavy atom. The highest BCUT2D eigenvalue weighted by atomic mass is 16.2. The molecule has 0 aromatic heterocycles. The Bertz CT molecular complexity index is 76.6. The minimum absolute atomic E-state index is 0.193. The second kappa shape index (κ2) is 5.83. The first-order valence-electron chi connectivity index (χ1n) is 3.36. The maximum Gasteiger partial charge on any atom is 0.0465 e. The van der Waals surface area contributed by atoms with Crippen LogP contribution < -0.4 is 0 Å². The van der Waals surface area contributed by atoms with Gasteiger partial charge < -0.3 is 5.11 Å². The number of aliphatic hydroxyl groups is 1. The van der Waals surface area contributed by atoms with Crippen LogP contribution in [-0.2, 0) is 0 Å². The molecule has 0 aliphatic heterocycles. The zero-order valence-electron chi connectivity index (χ0n) is 6.17. The monoisotopic (exact) mass is 127 g/mol. The number of rotatable bonds is 4. The fourth-order valence-electron chi connectivity index (χ4n) is 0.627. The highest BCUT2D eigenvalue weighted by molar-refractivity contribution is 4.83. The topological polar surface area (TPSA) is 20.2 Å². The summed E-state index contributed by atoms with van der Waals surface area (Å²) in [6, 6.07) is 0. The van der Waals surface area contributed by atoms with E-state index in [-0.39, 0.29) is 6.61 Å². The Labute approximate surface area is 57.4 Å². The van der Waals surface area contributed by atoms with Gasteiger partial charge in [-0.25, -0.2) is 0 Å². The maximum atomic E-state index is 8.46. The van der Waals surface area contributed by atoms with Crippen LogP contribution in [0.2, 0.25) is 0 Å². The molecule has 0 aromatic rings. The number of hydrogen-bond acceptors (Lipinski definition) is 1. The summed E-state index contributed by atoms with van der Waals surface area (Å²) < 4.78 is 0. The smallest absolute Gasteiger partial charge is 0.0465 e. The van der Waals surface area contributed by atoms with E-state index in [0.29, 0.717) is 5.92 Å². The number of allylic oxidation sites excluding steroid dienone is 2. The lowest BCUT2D eigenvalue weighted by atomic mass is 10.0. The minimum Gasteiger partial charge on any atom is -0.396 e. The Kier molecular flexibility index (Phi) is 5.64. The molecule has 0 bridgehead atoms. The van der Waals surface area contributed by atoms with Crippen LogP contribution in [0.5, 0.6) is 0 Å². The second-order valence-electron chi connectivity index (χ2n) is 2.20. The molecule has 1 nitrogen and oxygen atoms in total. The van der Waals surface area contributed by atoms with Gasteiger partial charge in [0.25, 0.3) is 0 Å². The summed E-state index contributed by atoms with van der Waals surface area (Å²) in [5.41, 5.74) is 0. The Morgan fingerprint density at radius 1 is 1.56 bits per heavy atom. The lowest BCUT2D eigenvalue weighted by molar-refractivity contribution is 0.312. The molecule has 9 heavy (non-hydrogen) atoms. The third-order valence-electron chi connectivity index (χ3n) is 1.25. The van der Waals surface area contributed by atoms with Crippen molar-refractivity contribution in [1.82, 2.24) is 0 Å². The van der Waals surface area contributed by atoms with Gasteiger partial charge in [-0.3, -0.25) is 0 Å². The van der Waals surface area contributed by atoms with Crippen LogP contribution >= 0.6 is 0 Å². The van der Waals surface area contributed by atoms with Gasteiger partial charge in [0, 0.05) is 6.61 Å². The Hall–Kier alpha value is -0.300. The highest BCUT2D eigenvalue weighted by Gasteiger charge is 1.96. The first-order valence-corrected chi connectivity index (χ1v) is 3.36. The normalized spacial score (nSPS) is 14.6. The second-order valence-corrected chi connectivity index (χ2v) is 2.20. The van der Waals surface area contributed by atoms with Crippen molar-refractivity contribution in [3.05, 3.63) is 18.6 Å². The van der Waals surface area contributed by atoms with Crippen molar-refractivity contribution < 1.29 is 5.11 Å². The summed E-state index contributed by atoms with van der Waals surface area (Å²) in [4.78, 5) is 0. The van der Waals surface area contributed by atoms with E-state index in [1.165, 1.54) is 0 Å². The predicted octanol–water partition coefficient (Wildman–Crippen LogP) is 1.79. The van der Waals surface area contributed by atoms with Gasteiger partial charge in [0.05, 0.1) is 0 Å². The van der Waals surface area contributed by atoms with Gasteiger partial charge in [-0.15, -0.1) is 0 Å². The van der Waals surface area contributed by atoms with Crippen LogP contribution in [0.4, 0.5) is 0 Å². The molecule has 1 heteroatoms. The highest BCUT2D eigenvalue weighted by Crippen LogP contribution is 2.05. The first kappa shape index (κ1) is 8.70. The summed E-state index contributed by atoms with van der Waals surface area (Å²) in [7, 11) is 0. The summed E-state index contributed by atoms with van der Waals surface area (Å²) in [5, 5.41) is 8.46. The molecule has 0 amide bonds. The average molecular weight is 127 g/mol. The quantitative estimate of drug-likeness (QED) is 0.571. The van der Waals surface area contributed by atoms with Gasteiger partial charge in [-0.2, -0.15) is 0 Å². The predicted molar refractivity (Wildman–Crippen MR) is 40.0 cm³/mol. The summed E-state index contributed by atoms with van der Waals surface area (Å²) in [5.74, 6) is 0.506.